The molecule has 0 saturated carbocycles. The highest BCUT2D eigenvalue weighted by Crippen LogP contribution is 2.35. The Hall–Kier alpha value is 0.870. The zero-order valence-corrected chi connectivity index (χ0v) is 12.3. The van der Waals surface area contributed by atoms with Crippen molar-refractivity contribution in [3.05, 3.63) is 19.2 Å². The molecule has 82 valence electrons. The summed E-state index contributed by atoms with van der Waals surface area (Å²) < 4.78 is 2.18. The summed E-state index contributed by atoms with van der Waals surface area (Å²) in [5, 5.41) is 0. The van der Waals surface area contributed by atoms with E-state index in [1.165, 1.54) is 4.88 Å². The first-order valence-corrected chi connectivity index (χ1v) is 6.45. The molecule has 0 aliphatic heterocycles. The van der Waals surface area contributed by atoms with E-state index in [2.05, 4.69) is 37.9 Å². The maximum absolute atomic E-state index is 5.98. The lowest BCUT2D eigenvalue weighted by Crippen LogP contribution is -2.10. The lowest BCUT2D eigenvalue weighted by atomic mass is 10.1. The first-order chi connectivity index (χ1) is 6.15. The molecule has 0 spiro atoms. The van der Waals surface area contributed by atoms with E-state index < -0.39 is 0 Å². The number of halogens is 3. The number of hydrogen-bond acceptors (Lipinski definition) is 3. The predicted octanol–water partition coefficient (Wildman–Crippen LogP) is 3.43. The molecule has 0 aromatic carbocycles. The molecule has 0 aliphatic carbocycles. The van der Waals surface area contributed by atoms with Crippen LogP contribution in [0.2, 0.25) is 0 Å². The van der Waals surface area contributed by atoms with Gasteiger partial charge in [-0.1, -0.05) is 0 Å². The molecule has 0 amide bonds. The van der Waals surface area contributed by atoms with Crippen LogP contribution in [-0.2, 0) is 0 Å². The van der Waals surface area contributed by atoms with Gasteiger partial charge < -0.3 is 11.5 Å². The molecule has 4 N–H and O–H groups in total. The van der Waals surface area contributed by atoms with Gasteiger partial charge in [0.1, 0.15) is 0 Å². The van der Waals surface area contributed by atoms with E-state index in [9.17, 15) is 0 Å². The summed E-state index contributed by atoms with van der Waals surface area (Å²) in [7, 11) is 0. The fraction of sp³-hybridized carbons (Fsp3) is 0.500. The summed E-state index contributed by atoms with van der Waals surface area (Å²) in [5.41, 5.74) is 11.4. The van der Waals surface area contributed by atoms with E-state index in [1.807, 2.05) is 0 Å². The first kappa shape index (κ1) is 14.9. The third kappa shape index (κ3) is 4.16. The average molecular weight is 365 g/mol. The lowest BCUT2D eigenvalue weighted by Gasteiger charge is -2.07. The maximum atomic E-state index is 5.98. The molecule has 1 rings (SSSR count). The van der Waals surface area contributed by atoms with Gasteiger partial charge in [-0.25, -0.2) is 0 Å². The Balaban J connectivity index is 0.00000169. The summed E-state index contributed by atoms with van der Waals surface area (Å²) in [6.07, 6.45) is 1.93. The molecule has 0 bridgehead atoms. The Labute approximate surface area is 111 Å². The van der Waals surface area contributed by atoms with Gasteiger partial charge in [0, 0.05) is 15.4 Å². The average Bonchev–Trinajstić information content (AvgIpc) is 2.43. The third-order valence-electron chi connectivity index (χ3n) is 1.75. The van der Waals surface area contributed by atoms with Crippen LogP contribution in [0.4, 0.5) is 0 Å². The molecule has 1 heterocycles. The van der Waals surface area contributed by atoms with Gasteiger partial charge in [0.15, 0.2) is 0 Å². The fourth-order valence-corrected chi connectivity index (χ4v) is 3.15. The van der Waals surface area contributed by atoms with Gasteiger partial charge in [-0.2, -0.15) is 0 Å². The Morgan fingerprint density at radius 3 is 2.50 bits per heavy atom. The molecule has 14 heavy (non-hydrogen) atoms. The molecule has 1 aromatic heterocycles. The Bertz CT molecular complexity index is 261. The second kappa shape index (κ2) is 7.19. The molecular formula is C8H13Br2ClN2S. The van der Waals surface area contributed by atoms with E-state index >= 15 is 0 Å². The highest BCUT2D eigenvalue weighted by atomic mass is 79.9. The minimum absolute atomic E-state index is 0. The van der Waals surface area contributed by atoms with Crippen molar-refractivity contribution in [3.8, 4) is 0 Å². The predicted molar refractivity (Wildman–Crippen MR) is 72.2 cm³/mol. The minimum Gasteiger partial charge on any atom is -0.330 e. The largest absolute Gasteiger partial charge is 0.330 e. The molecule has 1 atom stereocenters. The molecule has 1 aromatic rings. The number of thiophene rings is 1. The van der Waals surface area contributed by atoms with Gasteiger partial charge in [0.25, 0.3) is 0 Å². The molecule has 6 heteroatoms. The highest BCUT2D eigenvalue weighted by molar-refractivity contribution is 9.13. The summed E-state index contributed by atoms with van der Waals surface area (Å²) in [4.78, 5) is 1.20. The third-order valence-corrected chi connectivity index (χ3v) is 5.14. The SMILES string of the molecule is Cl.NCCC[C@@H](N)c1cc(Br)c(Br)s1. The van der Waals surface area contributed by atoms with Crippen molar-refractivity contribution in [1.29, 1.82) is 0 Å². The summed E-state index contributed by atoms with van der Waals surface area (Å²) in [6, 6.07) is 2.19. The molecule has 2 nitrogen and oxygen atoms in total. The van der Waals surface area contributed by atoms with Crippen LogP contribution in [-0.4, -0.2) is 6.54 Å². The van der Waals surface area contributed by atoms with Crippen LogP contribution in [0.5, 0.6) is 0 Å². The Morgan fingerprint density at radius 1 is 1.43 bits per heavy atom. The van der Waals surface area contributed by atoms with E-state index in [0.717, 1.165) is 21.1 Å². The monoisotopic (exact) mass is 362 g/mol. The van der Waals surface area contributed by atoms with Gasteiger partial charge in [0.05, 0.1) is 3.79 Å². The van der Waals surface area contributed by atoms with Crippen molar-refractivity contribution < 1.29 is 0 Å². The van der Waals surface area contributed by atoms with Crippen LogP contribution >= 0.6 is 55.6 Å². The Morgan fingerprint density at radius 2 is 2.07 bits per heavy atom. The molecule has 0 unspecified atom stereocenters. The standard InChI is InChI=1S/C8H12Br2N2S.ClH/c9-5-4-7(13-8(5)10)6(12)2-1-3-11;/h4,6H,1-3,11-12H2;1H/t6-;/m1./s1. The topological polar surface area (TPSA) is 52.0 Å². The second-order valence-corrected chi connectivity index (χ2v) is 6.06. The van der Waals surface area contributed by atoms with Gasteiger partial charge in [0.2, 0.25) is 0 Å². The van der Waals surface area contributed by atoms with Crippen LogP contribution in [0.3, 0.4) is 0 Å². The van der Waals surface area contributed by atoms with Crippen molar-refractivity contribution in [2.24, 2.45) is 11.5 Å². The van der Waals surface area contributed by atoms with E-state index in [4.69, 9.17) is 11.5 Å². The zero-order valence-electron chi connectivity index (χ0n) is 7.50. The Kier molecular flexibility index (Phi) is 7.64. The second-order valence-electron chi connectivity index (χ2n) is 2.81. The van der Waals surface area contributed by atoms with Crippen molar-refractivity contribution in [1.82, 2.24) is 0 Å². The number of nitrogens with two attached hydrogens (primary N) is 2. The van der Waals surface area contributed by atoms with E-state index in [1.54, 1.807) is 11.3 Å². The summed E-state index contributed by atoms with van der Waals surface area (Å²) in [5.74, 6) is 0. The molecule has 0 radical (unpaired) electrons. The van der Waals surface area contributed by atoms with E-state index in [-0.39, 0.29) is 18.4 Å². The molecule has 0 fully saturated rings. The quantitative estimate of drug-likeness (QED) is 0.860. The van der Waals surface area contributed by atoms with Crippen molar-refractivity contribution in [2.75, 3.05) is 6.54 Å². The molecular weight excluding hydrogens is 351 g/mol. The van der Waals surface area contributed by atoms with Crippen LogP contribution < -0.4 is 11.5 Å². The minimum atomic E-state index is 0. The van der Waals surface area contributed by atoms with Crippen molar-refractivity contribution in [2.45, 2.75) is 18.9 Å². The van der Waals surface area contributed by atoms with Crippen LogP contribution in [0, 0.1) is 0 Å². The number of hydrogen-bond donors (Lipinski definition) is 2. The zero-order chi connectivity index (χ0) is 9.84. The van der Waals surface area contributed by atoms with Crippen LogP contribution in [0.25, 0.3) is 0 Å². The van der Waals surface area contributed by atoms with Gasteiger partial charge in [-0.05, 0) is 57.3 Å². The molecule has 0 saturated heterocycles. The highest BCUT2D eigenvalue weighted by Gasteiger charge is 2.10. The van der Waals surface area contributed by atoms with Crippen molar-refractivity contribution >= 4 is 55.6 Å². The van der Waals surface area contributed by atoms with Gasteiger partial charge in [-0.15, -0.1) is 23.7 Å². The lowest BCUT2D eigenvalue weighted by molar-refractivity contribution is 0.626. The summed E-state index contributed by atoms with van der Waals surface area (Å²) >= 11 is 8.56. The van der Waals surface area contributed by atoms with Crippen LogP contribution in [0.15, 0.2) is 14.3 Å². The maximum Gasteiger partial charge on any atom is 0.0843 e. The smallest absolute Gasteiger partial charge is 0.0843 e. The van der Waals surface area contributed by atoms with Gasteiger partial charge in [-0.3, -0.25) is 0 Å². The normalized spacial score (nSPS) is 12.3. The van der Waals surface area contributed by atoms with E-state index in [0.29, 0.717) is 6.54 Å². The van der Waals surface area contributed by atoms with Gasteiger partial charge >= 0.3 is 0 Å². The van der Waals surface area contributed by atoms with Crippen molar-refractivity contribution in [3.63, 3.8) is 0 Å². The number of rotatable bonds is 4. The first-order valence-electron chi connectivity index (χ1n) is 4.05. The van der Waals surface area contributed by atoms with Crippen LogP contribution in [0.1, 0.15) is 23.8 Å². The summed E-state index contributed by atoms with van der Waals surface area (Å²) in [6.45, 7) is 0.710. The molecule has 0 aliphatic rings. The fourth-order valence-electron chi connectivity index (χ4n) is 1.03.